The van der Waals surface area contributed by atoms with Gasteiger partial charge in [0, 0.05) is 32.3 Å². The number of hydrogen-bond acceptors (Lipinski definition) is 9. The maximum atomic E-state index is 11.7. The molecule has 0 aliphatic rings. The maximum Gasteiger partial charge on any atom is 0.407 e. The van der Waals surface area contributed by atoms with Gasteiger partial charge in [-0.05, 0) is 40.5 Å². The normalized spacial score (nSPS) is 11.6. The molecule has 0 radical (unpaired) electrons. The Balaban J connectivity index is 1.71. The predicted molar refractivity (Wildman–Crippen MR) is 129 cm³/mol. The number of amides is 1. The van der Waals surface area contributed by atoms with E-state index in [1.54, 1.807) is 14.2 Å². The number of anilines is 1. The van der Waals surface area contributed by atoms with Crippen LogP contribution in [0.5, 0.6) is 11.5 Å². The molecule has 2 aromatic heterocycles. The van der Waals surface area contributed by atoms with Crippen LogP contribution in [0.2, 0.25) is 0 Å². The fourth-order valence-corrected chi connectivity index (χ4v) is 3.37. The number of alkyl carbamates (subject to hydrolysis) is 1. The zero-order chi connectivity index (χ0) is 24.7. The first kappa shape index (κ1) is 25.3. The molecule has 1 amide bonds. The van der Waals surface area contributed by atoms with Crippen LogP contribution in [-0.2, 0) is 9.47 Å². The first-order valence-corrected chi connectivity index (χ1v) is 11.3. The molecule has 11 heteroatoms. The Bertz CT molecular complexity index is 1120. The second-order valence-electron chi connectivity index (χ2n) is 8.76. The molecule has 0 spiro atoms. The predicted octanol–water partition coefficient (Wildman–Crippen LogP) is 3.34. The van der Waals surface area contributed by atoms with Crippen LogP contribution in [0.25, 0.3) is 16.7 Å². The number of benzene rings is 1. The third-order valence-corrected chi connectivity index (χ3v) is 4.88. The van der Waals surface area contributed by atoms with Crippen molar-refractivity contribution in [2.75, 3.05) is 45.8 Å². The summed E-state index contributed by atoms with van der Waals surface area (Å²) in [5, 5.41) is 14.7. The lowest BCUT2D eigenvalue weighted by molar-refractivity contribution is 0.0527. The van der Waals surface area contributed by atoms with Gasteiger partial charge in [0.25, 0.3) is 0 Å². The highest BCUT2D eigenvalue weighted by Gasteiger charge is 2.17. The Labute approximate surface area is 199 Å². The van der Waals surface area contributed by atoms with Crippen molar-refractivity contribution in [2.24, 2.45) is 0 Å². The summed E-state index contributed by atoms with van der Waals surface area (Å²) in [7, 11) is 3.22. The summed E-state index contributed by atoms with van der Waals surface area (Å²) >= 11 is 0. The molecule has 11 nitrogen and oxygen atoms in total. The number of aromatic nitrogens is 4. The van der Waals surface area contributed by atoms with Crippen molar-refractivity contribution in [3.8, 4) is 11.5 Å². The minimum Gasteiger partial charge on any atom is -0.493 e. The Morgan fingerprint density at radius 1 is 1.06 bits per heavy atom. The number of carbonyl (C=O) groups excluding carboxylic acids is 1. The minimum atomic E-state index is -0.505. The van der Waals surface area contributed by atoms with Crippen molar-refractivity contribution in [2.45, 2.75) is 46.1 Å². The van der Waals surface area contributed by atoms with Gasteiger partial charge in [0.2, 0.25) is 5.65 Å². The molecule has 2 N–H and O–H groups in total. The van der Waals surface area contributed by atoms with E-state index in [4.69, 9.17) is 23.9 Å². The molecule has 0 saturated carbocycles. The molecular formula is C23H34N6O5. The van der Waals surface area contributed by atoms with E-state index in [1.807, 2.05) is 44.2 Å². The molecule has 0 atom stereocenters. The van der Waals surface area contributed by atoms with E-state index in [-0.39, 0.29) is 0 Å². The van der Waals surface area contributed by atoms with Crippen LogP contribution in [0.4, 0.5) is 10.6 Å². The standard InChI is InChI=1S/C23H34N6O5/c1-15-27-28-21-20(24-9-7-8-10-25-22(30)34-23(2,3)4)26-16-13-18(32-6)19(33-12-11-31-5)14-17(16)29(15)21/h13-14H,7-12H2,1-6H3,(H,24,26)(H,25,30). The molecule has 2 heterocycles. The van der Waals surface area contributed by atoms with E-state index in [2.05, 4.69) is 20.8 Å². The molecule has 34 heavy (non-hydrogen) atoms. The number of carbonyl (C=O) groups is 1. The SMILES string of the molecule is COCCOc1cc2c(cc1OC)nc(NCCCCNC(=O)OC(C)(C)C)c1nnc(C)n12. The van der Waals surface area contributed by atoms with Crippen LogP contribution < -0.4 is 20.1 Å². The molecule has 186 valence electrons. The van der Waals surface area contributed by atoms with E-state index in [0.29, 0.717) is 49.3 Å². The number of unbranched alkanes of at least 4 members (excludes halogenated alkanes) is 1. The molecule has 0 saturated heterocycles. The molecule has 0 aliphatic heterocycles. The van der Waals surface area contributed by atoms with Gasteiger partial charge in [0.1, 0.15) is 18.0 Å². The summed E-state index contributed by atoms with van der Waals surface area (Å²) in [6.07, 6.45) is 1.21. The lowest BCUT2D eigenvalue weighted by Gasteiger charge is -2.19. The van der Waals surface area contributed by atoms with Crippen LogP contribution in [0, 0.1) is 6.92 Å². The number of aryl methyl sites for hydroxylation is 1. The number of nitrogens with zero attached hydrogens (tertiary/aromatic N) is 4. The van der Waals surface area contributed by atoms with E-state index in [1.165, 1.54) is 0 Å². The van der Waals surface area contributed by atoms with Crippen molar-refractivity contribution >= 4 is 28.6 Å². The van der Waals surface area contributed by atoms with Gasteiger partial charge in [-0.25, -0.2) is 9.78 Å². The lowest BCUT2D eigenvalue weighted by Crippen LogP contribution is -2.33. The average Bonchev–Trinajstić information content (AvgIpc) is 3.16. The number of fused-ring (bicyclic) bond motifs is 3. The summed E-state index contributed by atoms with van der Waals surface area (Å²) in [5.41, 5.74) is 1.66. The van der Waals surface area contributed by atoms with Crippen molar-refractivity contribution in [1.82, 2.24) is 24.9 Å². The third kappa shape index (κ3) is 6.37. The van der Waals surface area contributed by atoms with Crippen molar-refractivity contribution < 1.29 is 23.7 Å². The van der Waals surface area contributed by atoms with Gasteiger partial charge in [-0.2, -0.15) is 0 Å². The van der Waals surface area contributed by atoms with Crippen LogP contribution in [0.1, 0.15) is 39.4 Å². The lowest BCUT2D eigenvalue weighted by atomic mass is 10.2. The molecule has 0 unspecified atom stereocenters. The van der Waals surface area contributed by atoms with E-state index in [0.717, 1.165) is 29.7 Å². The van der Waals surface area contributed by atoms with Gasteiger partial charge in [-0.3, -0.25) is 4.40 Å². The molecule has 0 bridgehead atoms. The van der Waals surface area contributed by atoms with Crippen molar-refractivity contribution in [3.63, 3.8) is 0 Å². The van der Waals surface area contributed by atoms with Gasteiger partial charge in [-0.15, -0.1) is 10.2 Å². The largest absolute Gasteiger partial charge is 0.493 e. The maximum absolute atomic E-state index is 11.7. The molecule has 3 aromatic rings. The molecule has 0 fully saturated rings. The number of nitrogens with one attached hydrogen (secondary N) is 2. The highest BCUT2D eigenvalue weighted by molar-refractivity contribution is 5.85. The topological polar surface area (TPSA) is 121 Å². The fourth-order valence-electron chi connectivity index (χ4n) is 3.37. The average molecular weight is 475 g/mol. The third-order valence-electron chi connectivity index (χ3n) is 4.88. The number of ether oxygens (including phenoxy) is 4. The molecule has 0 aliphatic carbocycles. The van der Waals surface area contributed by atoms with Crippen LogP contribution in [0.15, 0.2) is 12.1 Å². The second-order valence-corrected chi connectivity index (χ2v) is 8.76. The van der Waals surface area contributed by atoms with Crippen LogP contribution in [0.3, 0.4) is 0 Å². The quantitative estimate of drug-likeness (QED) is 0.403. The van der Waals surface area contributed by atoms with Gasteiger partial charge < -0.3 is 29.6 Å². The Morgan fingerprint density at radius 2 is 1.82 bits per heavy atom. The summed E-state index contributed by atoms with van der Waals surface area (Å²) in [6.45, 7) is 9.46. The molecule has 1 aromatic carbocycles. The Morgan fingerprint density at radius 3 is 2.53 bits per heavy atom. The monoisotopic (exact) mass is 474 g/mol. The first-order chi connectivity index (χ1) is 16.2. The van der Waals surface area contributed by atoms with E-state index < -0.39 is 11.7 Å². The second kappa shape index (κ2) is 11.2. The highest BCUT2D eigenvalue weighted by Crippen LogP contribution is 2.33. The number of methoxy groups -OCH3 is 2. The van der Waals surface area contributed by atoms with Gasteiger partial charge >= 0.3 is 6.09 Å². The number of hydrogen-bond donors (Lipinski definition) is 2. The number of rotatable bonds is 11. The summed E-state index contributed by atoms with van der Waals surface area (Å²) in [4.78, 5) is 16.5. The molecule has 3 rings (SSSR count). The zero-order valence-corrected chi connectivity index (χ0v) is 20.7. The zero-order valence-electron chi connectivity index (χ0n) is 20.7. The summed E-state index contributed by atoms with van der Waals surface area (Å²) in [5.74, 6) is 2.55. The van der Waals surface area contributed by atoms with E-state index in [9.17, 15) is 4.79 Å². The highest BCUT2D eigenvalue weighted by atomic mass is 16.6. The van der Waals surface area contributed by atoms with Gasteiger partial charge in [0.05, 0.1) is 24.8 Å². The Kier molecular flexibility index (Phi) is 8.32. The summed E-state index contributed by atoms with van der Waals surface area (Å²) < 4.78 is 23.6. The van der Waals surface area contributed by atoms with Crippen molar-refractivity contribution in [3.05, 3.63) is 18.0 Å². The van der Waals surface area contributed by atoms with Crippen LogP contribution in [-0.4, -0.2) is 71.8 Å². The molecular weight excluding hydrogens is 440 g/mol. The first-order valence-electron chi connectivity index (χ1n) is 11.3. The van der Waals surface area contributed by atoms with Crippen molar-refractivity contribution in [1.29, 1.82) is 0 Å². The minimum absolute atomic E-state index is 0.401. The van der Waals surface area contributed by atoms with Gasteiger partial charge in [-0.1, -0.05) is 0 Å². The van der Waals surface area contributed by atoms with Gasteiger partial charge in [0.15, 0.2) is 17.3 Å². The Hall–Kier alpha value is -3.34. The summed E-state index contributed by atoms with van der Waals surface area (Å²) in [6, 6.07) is 3.72. The smallest absolute Gasteiger partial charge is 0.407 e. The van der Waals surface area contributed by atoms with E-state index >= 15 is 0 Å². The fraction of sp³-hybridized carbons (Fsp3) is 0.565. The van der Waals surface area contributed by atoms with Crippen LogP contribution >= 0.6 is 0 Å².